The molecule has 0 aliphatic heterocycles. The van der Waals surface area contributed by atoms with Crippen LogP contribution in [0.4, 0.5) is 0 Å². The van der Waals surface area contributed by atoms with E-state index in [1.54, 1.807) is 0 Å². The van der Waals surface area contributed by atoms with Gasteiger partial charge in [0.1, 0.15) is 12.4 Å². The molecular formula is C25H49N2+. The van der Waals surface area contributed by atoms with E-state index in [0.29, 0.717) is 6.04 Å². The van der Waals surface area contributed by atoms with Gasteiger partial charge in [-0.15, -0.1) is 0 Å². The molecule has 1 rings (SSSR count). The topological polar surface area (TPSA) is 8.81 Å². The molecule has 0 amide bonds. The highest BCUT2D eigenvalue weighted by Gasteiger charge is 2.18. The van der Waals surface area contributed by atoms with E-state index in [9.17, 15) is 0 Å². The molecule has 0 saturated heterocycles. The van der Waals surface area contributed by atoms with Crippen LogP contribution in [0.1, 0.15) is 136 Å². The highest BCUT2D eigenvalue weighted by Crippen LogP contribution is 2.14. The van der Waals surface area contributed by atoms with Crippen LogP contribution in [-0.2, 0) is 13.0 Å². The first-order valence-corrected chi connectivity index (χ1v) is 12.3. The molecule has 158 valence electrons. The summed E-state index contributed by atoms with van der Waals surface area (Å²) in [5, 5.41) is 0. The van der Waals surface area contributed by atoms with Crippen LogP contribution < -0.4 is 4.57 Å². The Balaban J connectivity index is 2.01. The first-order valence-electron chi connectivity index (χ1n) is 12.3. The van der Waals surface area contributed by atoms with Crippen molar-refractivity contribution in [1.29, 1.82) is 0 Å². The van der Waals surface area contributed by atoms with Crippen LogP contribution in [-0.4, -0.2) is 4.57 Å². The van der Waals surface area contributed by atoms with E-state index in [0.717, 1.165) is 6.54 Å². The Morgan fingerprint density at radius 3 is 1.63 bits per heavy atom. The Kier molecular flexibility index (Phi) is 14.5. The number of unbranched alkanes of at least 4 members (excludes halogenated alkanes) is 13. The number of aryl methyl sites for hydroxylation is 1. The van der Waals surface area contributed by atoms with Crippen molar-refractivity contribution in [2.45, 2.75) is 143 Å². The second-order valence-corrected chi connectivity index (χ2v) is 8.75. The van der Waals surface area contributed by atoms with Gasteiger partial charge in [-0.05, 0) is 26.7 Å². The molecule has 0 radical (unpaired) electrons. The van der Waals surface area contributed by atoms with E-state index >= 15 is 0 Å². The summed E-state index contributed by atoms with van der Waals surface area (Å²) < 4.78 is 4.94. The molecule has 0 saturated carbocycles. The van der Waals surface area contributed by atoms with E-state index in [1.165, 1.54) is 109 Å². The van der Waals surface area contributed by atoms with Gasteiger partial charge in [-0.25, -0.2) is 9.13 Å². The molecule has 1 heterocycles. The Morgan fingerprint density at radius 1 is 0.704 bits per heavy atom. The van der Waals surface area contributed by atoms with Gasteiger partial charge in [-0.2, -0.15) is 0 Å². The maximum Gasteiger partial charge on any atom is 0.256 e. The molecule has 1 aromatic rings. The number of aromatic nitrogens is 2. The molecule has 0 N–H and O–H groups in total. The molecule has 0 aliphatic carbocycles. The highest BCUT2D eigenvalue weighted by atomic mass is 15.2. The molecular weight excluding hydrogens is 328 g/mol. The van der Waals surface area contributed by atoms with E-state index in [-0.39, 0.29) is 0 Å². The van der Waals surface area contributed by atoms with Crippen molar-refractivity contribution < 1.29 is 4.57 Å². The van der Waals surface area contributed by atoms with Crippen molar-refractivity contribution in [3.8, 4) is 0 Å². The zero-order valence-electron chi connectivity index (χ0n) is 19.1. The summed E-state index contributed by atoms with van der Waals surface area (Å²) in [6, 6.07) is 0.574. The molecule has 0 spiro atoms. The van der Waals surface area contributed by atoms with Crippen molar-refractivity contribution in [3.63, 3.8) is 0 Å². The van der Waals surface area contributed by atoms with Crippen molar-refractivity contribution in [3.05, 3.63) is 18.2 Å². The van der Waals surface area contributed by atoms with Gasteiger partial charge in [-0.3, -0.25) is 0 Å². The highest BCUT2D eigenvalue weighted by molar-refractivity contribution is 4.86. The Hall–Kier alpha value is -0.790. The number of hydrogen-bond acceptors (Lipinski definition) is 0. The van der Waals surface area contributed by atoms with Crippen LogP contribution in [0.3, 0.4) is 0 Å². The van der Waals surface area contributed by atoms with Gasteiger partial charge in [0.15, 0.2) is 0 Å². The van der Waals surface area contributed by atoms with Gasteiger partial charge in [0.25, 0.3) is 5.82 Å². The van der Waals surface area contributed by atoms with Crippen LogP contribution in [0.15, 0.2) is 12.4 Å². The monoisotopic (exact) mass is 377 g/mol. The molecule has 1 aromatic heterocycles. The standard InChI is InChI=1S/C25H49N2/c1-5-7-8-9-10-11-12-13-14-15-16-17-18-19-20-25-26(21-6-2)22-23-27(25)24(3)4/h22-24H,5-21H2,1-4H3/q+1. The number of nitrogens with zero attached hydrogens (tertiary/aromatic N) is 2. The molecule has 0 aliphatic rings. The fraction of sp³-hybridized carbons (Fsp3) is 0.880. The van der Waals surface area contributed by atoms with Crippen LogP contribution in [0.2, 0.25) is 0 Å². The fourth-order valence-corrected chi connectivity index (χ4v) is 4.14. The quantitative estimate of drug-likeness (QED) is 0.182. The lowest BCUT2D eigenvalue weighted by Gasteiger charge is -2.07. The molecule has 0 fully saturated rings. The number of rotatable bonds is 18. The summed E-state index contributed by atoms with van der Waals surface area (Å²) in [5.74, 6) is 1.53. The van der Waals surface area contributed by atoms with Crippen LogP contribution in [0, 0.1) is 0 Å². The van der Waals surface area contributed by atoms with Crippen molar-refractivity contribution in [1.82, 2.24) is 4.57 Å². The van der Waals surface area contributed by atoms with Gasteiger partial charge in [0.2, 0.25) is 0 Å². The van der Waals surface area contributed by atoms with Gasteiger partial charge in [0.05, 0.1) is 12.6 Å². The Morgan fingerprint density at radius 2 is 1.19 bits per heavy atom. The maximum absolute atomic E-state index is 2.47. The lowest BCUT2D eigenvalue weighted by Crippen LogP contribution is -2.37. The molecule has 0 bridgehead atoms. The predicted molar refractivity (Wildman–Crippen MR) is 119 cm³/mol. The molecule has 0 unspecified atom stereocenters. The second kappa shape index (κ2) is 16.2. The lowest BCUT2D eigenvalue weighted by atomic mass is 10.0. The molecule has 27 heavy (non-hydrogen) atoms. The third kappa shape index (κ3) is 11.0. The summed E-state index contributed by atoms with van der Waals surface area (Å²) in [5.41, 5.74) is 0. The van der Waals surface area contributed by atoms with Crippen LogP contribution in [0.25, 0.3) is 0 Å². The third-order valence-corrected chi connectivity index (χ3v) is 5.81. The minimum absolute atomic E-state index is 0.574. The summed E-state index contributed by atoms with van der Waals surface area (Å²) >= 11 is 0. The van der Waals surface area contributed by atoms with Gasteiger partial charge in [0, 0.05) is 6.42 Å². The van der Waals surface area contributed by atoms with Crippen molar-refractivity contribution in [2.75, 3.05) is 0 Å². The molecule has 2 heteroatoms. The van der Waals surface area contributed by atoms with Crippen LogP contribution >= 0.6 is 0 Å². The Bertz CT molecular complexity index is 447. The number of hydrogen-bond donors (Lipinski definition) is 0. The molecule has 2 nitrogen and oxygen atoms in total. The van der Waals surface area contributed by atoms with Crippen molar-refractivity contribution in [2.24, 2.45) is 0 Å². The normalized spacial score (nSPS) is 11.6. The van der Waals surface area contributed by atoms with E-state index in [2.05, 4.69) is 49.2 Å². The van der Waals surface area contributed by atoms with Crippen molar-refractivity contribution >= 4 is 0 Å². The van der Waals surface area contributed by atoms with Gasteiger partial charge >= 0.3 is 0 Å². The largest absolute Gasteiger partial charge is 0.256 e. The smallest absolute Gasteiger partial charge is 0.234 e. The summed E-state index contributed by atoms with van der Waals surface area (Å²) in [6.07, 6.45) is 27.1. The minimum Gasteiger partial charge on any atom is -0.234 e. The summed E-state index contributed by atoms with van der Waals surface area (Å²) in [4.78, 5) is 0. The van der Waals surface area contributed by atoms with E-state index in [4.69, 9.17) is 0 Å². The first-order chi connectivity index (χ1) is 13.2. The van der Waals surface area contributed by atoms with Crippen LogP contribution in [0.5, 0.6) is 0 Å². The number of imidazole rings is 1. The fourth-order valence-electron chi connectivity index (χ4n) is 4.14. The second-order valence-electron chi connectivity index (χ2n) is 8.75. The zero-order valence-corrected chi connectivity index (χ0v) is 19.1. The van der Waals surface area contributed by atoms with Gasteiger partial charge in [-0.1, -0.05) is 97.3 Å². The molecule has 0 aromatic carbocycles. The average molecular weight is 378 g/mol. The first kappa shape index (κ1) is 24.2. The predicted octanol–water partition coefficient (Wildman–Crippen LogP) is 7.79. The minimum atomic E-state index is 0.574. The summed E-state index contributed by atoms with van der Waals surface area (Å²) in [7, 11) is 0. The Labute approximate surface area is 170 Å². The van der Waals surface area contributed by atoms with E-state index in [1.807, 2.05) is 0 Å². The van der Waals surface area contributed by atoms with Gasteiger partial charge < -0.3 is 0 Å². The zero-order chi connectivity index (χ0) is 19.7. The SMILES string of the molecule is CCCCCCCCCCCCCCCCc1n(C(C)C)cc[n+]1CCC. The van der Waals surface area contributed by atoms with E-state index < -0.39 is 0 Å². The third-order valence-electron chi connectivity index (χ3n) is 5.81. The molecule has 0 atom stereocenters. The maximum atomic E-state index is 2.47. The lowest BCUT2D eigenvalue weighted by molar-refractivity contribution is -0.704. The summed E-state index contributed by atoms with van der Waals surface area (Å²) in [6.45, 7) is 10.3. The average Bonchev–Trinajstić information content (AvgIpc) is 3.05.